The molecule has 89 heavy (non-hydrogen) atoms. The molecule has 0 aliphatic carbocycles. The lowest BCUT2D eigenvalue weighted by Crippen LogP contribution is -2.23. The van der Waals surface area contributed by atoms with Gasteiger partial charge >= 0.3 is 11.9 Å². The largest absolute Gasteiger partial charge is 0.473 e. The Balaban J connectivity index is 0.706. The lowest BCUT2D eigenvalue weighted by molar-refractivity contribution is 0.0397. The van der Waals surface area contributed by atoms with Crippen LogP contribution in [0.15, 0.2) is 133 Å². The summed E-state index contributed by atoms with van der Waals surface area (Å²) in [6.07, 6.45) is 3.67. The van der Waals surface area contributed by atoms with Crippen LogP contribution in [0, 0.1) is 57.6 Å². The summed E-state index contributed by atoms with van der Waals surface area (Å²) < 4.78 is 127. The van der Waals surface area contributed by atoms with Crippen LogP contribution in [0.25, 0.3) is 44.6 Å². The second-order valence-corrected chi connectivity index (χ2v) is 22.6. The topological polar surface area (TPSA) is 189 Å². The number of ether oxygens (including phenoxy) is 5. The number of carbonyl (C=O) groups is 2. The van der Waals surface area contributed by atoms with E-state index in [1.54, 1.807) is 36.4 Å². The fourth-order valence-corrected chi connectivity index (χ4v) is 12.7. The Hall–Kier alpha value is -10.2. The number of nitriles is 2. The van der Waals surface area contributed by atoms with Gasteiger partial charge in [0.05, 0.1) is 104 Å². The first kappa shape index (κ1) is 56.6. The number of hydrogen-bond acceptors (Lipinski definition) is 13. The molecule has 0 N–H and O–H groups in total. The highest BCUT2D eigenvalue weighted by Gasteiger charge is 2.45. The monoisotopic (exact) mass is 1200 g/mol. The summed E-state index contributed by atoms with van der Waals surface area (Å²) in [5.41, 5.74) is 2.42. The van der Waals surface area contributed by atoms with Crippen LogP contribution < -0.4 is 9.47 Å². The van der Waals surface area contributed by atoms with Crippen molar-refractivity contribution in [2.45, 2.75) is 101 Å². The van der Waals surface area contributed by atoms with Gasteiger partial charge in [-0.1, -0.05) is 24.3 Å². The summed E-state index contributed by atoms with van der Waals surface area (Å²) in [6, 6.07) is 33.7. The van der Waals surface area contributed by atoms with E-state index in [2.05, 4.69) is 9.97 Å². The van der Waals surface area contributed by atoms with Crippen molar-refractivity contribution >= 4 is 34.0 Å². The van der Waals surface area contributed by atoms with Gasteiger partial charge in [-0.15, -0.1) is 0 Å². The Morgan fingerprint density at radius 3 is 1.33 bits per heavy atom. The molecule has 0 spiro atoms. The number of fused-ring (bicyclic) bond motifs is 6. The number of halogens is 6. The molecule has 0 amide bonds. The highest BCUT2D eigenvalue weighted by atomic mass is 19.1. The molecular formula is C68H48F6N8O7. The van der Waals surface area contributed by atoms with Crippen LogP contribution in [0.5, 0.6) is 11.8 Å². The highest BCUT2D eigenvalue weighted by Crippen LogP contribution is 2.46. The summed E-state index contributed by atoms with van der Waals surface area (Å²) in [6.45, 7) is -0.456. The van der Waals surface area contributed by atoms with Crippen LogP contribution >= 0.6 is 0 Å². The van der Waals surface area contributed by atoms with Crippen LogP contribution in [0.3, 0.4) is 0 Å². The van der Waals surface area contributed by atoms with E-state index in [1.807, 2.05) is 21.3 Å². The quantitative estimate of drug-likeness (QED) is 0.0505. The fraction of sp³-hybridized carbons (Fsp3) is 0.235. The normalized spacial score (nSPS) is 19.0. The zero-order valence-corrected chi connectivity index (χ0v) is 46.9. The predicted octanol–water partition coefficient (Wildman–Crippen LogP) is 13.4. The number of nitrogens with zero attached hydrogens (tertiary/aromatic N) is 8. The van der Waals surface area contributed by atoms with E-state index in [0.717, 1.165) is 62.1 Å². The van der Waals surface area contributed by atoms with Gasteiger partial charge in [0.25, 0.3) is 0 Å². The molecule has 0 unspecified atom stereocenters. The molecule has 0 radical (unpaired) electrons. The van der Waals surface area contributed by atoms with Gasteiger partial charge in [0.2, 0.25) is 11.8 Å². The zero-order valence-electron chi connectivity index (χ0n) is 46.9. The number of benzene rings is 6. The van der Waals surface area contributed by atoms with E-state index in [-0.39, 0.29) is 141 Å². The Kier molecular flexibility index (Phi) is 14.7. The average molecular weight is 1200 g/mol. The van der Waals surface area contributed by atoms with Crippen LogP contribution in [0.2, 0.25) is 0 Å². The average Bonchev–Trinajstić information content (AvgIpc) is 1.73. The number of imidazole rings is 2. The van der Waals surface area contributed by atoms with E-state index in [0.29, 0.717) is 46.6 Å². The van der Waals surface area contributed by atoms with Gasteiger partial charge in [-0.2, -0.15) is 10.5 Å². The van der Waals surface area contributed by atoms with E-state index >= 15 is 17.6 Å². The van der Waals surface area contributed by atoms with Crippen molar-refractivity contribution < 1.29 is 59.6 Å². The number of carbonyl (C=O) groups excluding carboxylic acids is 2. The van der Waals surface area contributed by atoms with Crippen molar-refractivity contribution in [2.75, 3.05) is 0 Å². The number of esters is 2. The molecule has 444 valence electrons. The molecule has 10 aromatic rings. The van der Waals surface area contributed by atoms with E-state index in [9.17, 15) is 18.4 Å². The first-order valence-electron chi connectivity index (χ1n) is 28.8. The Bertz CT molecular complexity index is 4350. The minimum atomic E-state index is -0.965. The van der Waals surface area contributed by atoms with E-state index < -0.39 is 46.8 Å². The lowest BCUT2D eigenvalue weighted by atomic mass is 9.94. The molecule has 8 heterocycles. The molecule has 4 aliphatic rings. The molecule has 14 rings (SSSR count). The Morgan fingerprint density at radius 1 is 0.494 bits per heavy atom. The molecule has 4 fully saturated rings. The van der Waals surface area contributed by atoms with Crippen LogP contribution in [0.1, 0.15) is 116 Å². The van der Waals surface area contributed by atoms with E-state index in [1.165, 1.54) is 60.7 Å². The molecule has 15 nitrogen and oxygen atoms in total. The minimum Gasteiger partial charge on any atom is -0.473 e. The van der Waals surface area contributed by atoms with Crippen molar-refractivity contribution in [2.24, 2.45) is 0 Å². The maximum atomic E-state index is 16.3. The maximum absolute atomic E-state index is 16.3. The number of pyridine rings is 2. The molecule has 0 saturated carbocycles. The molecule has 4 bridgehead atoms. The second kappa shape index (κ2) is 23.1. The summed E-state index contributed by atoms with van der Waals surface area (Å²) in [7, 11) is 0. The third-order valence-electron chi connectivity index (χ3n) is 17.1. The first-order valence-corrected chi connectivity index (χ1v) is 28.8. The fourth-order valence-electron chi connectivity index (χ4n) is 12.7. The SMILES string of the molecule is N#Cc1ccc(COc2cccc(-c3cc(F)c(Cc4nc5ccc(C(=O)OC(=O)c6ccc7nc(Cc8cc(F)c(-c9cccc(OCc%10ccc(C#N)cc%10F)n9)cc8F)n([C@@H]8C[C@@H]9CC[C@H]8O9)c7c6)cc5n4[C@@H]4C[C@@H]5CC[C@H]4O5)cc3F)n2)c(F)c1. The van der Waals surface area contributed by atoms with Gasteiger partial charge in [-0.3, -0.25) is 0 Å². The highest BCUT2D eigenvalue weighted by molar-refractivity contribution is 6.05. The summed E-state index contributed by atoms with van der Waals surface area (Å²) in [5.74, 6) is -5.38. The van der Waals surface area contributed by atoms with Gasteiger partial charge in [-0.25, -0.2) is 55.9 Å². The zero-order chi connectivity index (χ0) is 61.2. The molecule has 6 aromatic carbocycles. The van der Waals surface area contributed by atoms with E-state index in [4.69, 9.17) is 44.2 Å². The third kappa shape index (κ3) is 11.0. The predicted molar refractivity (Wildman–Crippen MR) is 308 cm³/mol. The molecule has 6 atom stereocenters. The molecule has 21 heteroatoms. The third-order valence-corrected chi connectivity index (χ3v) is 17.1. The summed E-state index contributed by atoms with van der Waals surface area (Å²) in [4.78, 5) is 46.7. The smallest absolute Gasteiger partial charge is 0.346 e. The van der Waals surface area contributed by atoms with Crippen LogP contribution in [-0.2, 0) is 40.3 Å². The maximum Gasteiger partial charge on any atom is 0.346 e. The van der Waals surface area contributed by atoms with Crippen molar-refractivity contribution in [1.82, 2.24) is 29.1 Å². The van der Waals surface area contributed by atoms with Gasteiger partial charge in [-0.05, 0) is 147 Å². The lowest BCUT2D eigenvalue weighted by Gasteiger charge is -2.23. The molecule has 4 aromatic heterocycles. The molecule has 4 saturated heterocycles. The van der Waals surface area contributed by atoms with Gasteiger partial charge in [0.15, 0.2) is 0 Å². The number of hydrogen-bond donors (Lipinski definition) is 0. The van der Waals surface area contributed by atoms with Crippen molar-refractivity contribution in [3.63, 3.8) is 0 Å². The van der Waals surface area contributed by atoms with Gasteiger partial charge in [0, 0.05) is 47.2 Å². The van der Waals surface area contributed by atoms with Crippen molar-refractivity contribution in [1.29, 1.82) is 10.5 Å². The van der Waals surface area contributed by atoms with Gasteiger partial charge < -0.3 is 32.8 Å². The Morgan fingerprint density at radius 2 is 0.933 bits per heavy atom. The second-order valence-electron chi connectivity index (χ2n) is 22.6. The minimum absolute atomic E-state index is 0.00273. The van der Waals surface area contributed by atoms with Crippen LogP contribution in [-0.4, -0.2) is 65.4 Å². The first-order chi connectivity index (χ1) is 43.2. The van der Waals surface area contributed by atoms with Gasteiger partial charge in [0.1, 0.15) is 59.8 Å². The number of aromatic nitrogens is 6. The number of rotatable bonds is 16. The summed E-state index contributed by atoms with van der Waals surface area (Å²) in [5, 5.41) is 18.2. The molecule has 4 aliphatic heterocycles. The Labute approximate surface area is 503 Å². The van der Waals surface area contributed by atoms with Crippen molar-refractivity contribution in [3.8, 4) is 46.4 Å². The summed E-state index contributed by atoms with van der Waals surface area (Å²) >= 11 is 0. The standard InChI is InChI=1S/C68H48F6N8O7/c69-47-19-35(31-75)7-9-39(47)33-85-65-5-1-3-53(79-65)45-29-49(71)41(21-51(45)73)25-63-77-55-15-11-37(23-57(55)81(63)59-27-43-13-17-61(59)87-43)67(83)89-68(84)38-12-16-56-58(24-38)82(60-28-44-14-18-62(60)88-44)64(78-56)26-42-22-52(74)46(30-50(42)72)54-4-2-6-66(80-54)86-34-40-10-8-36(32-76)20-48(40)70/h1-12,15-16,19-24,29-30,43-44,59-62H,13-14,17-18,25-28,33-34H2/t43-,44-,59+,60+,61+,62+/m0/s1. The van der Waals surface area contributed by atoms with Crippen molar-refractivity contribution in [3.05, 3.63) is 225 Å². The van der Waals surface area contributed by atoms with Crippen LogP contribution in [0.4, 0.5) is 26.3 Å². The molecular weight excluding hydrogens is 1150 g/mol.